The van der Waals surface area contributed by atoms with Crippen LogP contribution in [-0.2, 0) is 4.74 Å². The molecule has 1 heterocycles. The molecule has 0 aliphatic carbocycles. The predicted molar refractivity (Wildman–Crippen MR) is 94.8 cm³/mol. The standard InChI is InChI=1S/C20H23F4NO2/c1-3-15(8-14(2)21)12-27-13-20(24)4-6-25(7-5-20)19(26)16-9-17(22)11-18(23)10-16/h8-11H,2-7,12-13H2,1H3/b15-8+. The SMILES string of the molecule is C=C(F)/C=C(\CC)COCC1(F)CCN(C(=O)c2cc(F)cc(F)c2)CC1. The van der Waals surface area contributed by atoms with Gasteiger partial charge in [0.15, 0.2) is 0 Å². The average molecular weight is 385 g/mol. The molecule has 0 bridgehead atoms. The molecular formula is C20H23F4NO2. The van der Waals surface area contributed by atoms with Crippen LogP contribution in [0.15, 0.2) is 42.3 Å². The molecule has 0 N–H and O–H groups in total. The van der Waals surface area contributed by atoms with E-state index in [2.05, 4.69) is 6.58 Å². The highest BCUT2D eigenvalue weighted by Gasteiger charge is 2.36. The first-order chi connectivity index (χ1) is 12.7. The number of benzene rings is 1. The quantitative estimate of drug-likeness (QED) is 0.501. The van der Waals surface area contributed by atoms with Crippen LogP contribution in [0, 0.1) is 11.6 Å². The summed E-state index contributed by atoms with van der Waals surface area (Å²) in [7, 11) is 0. The van der Waals surface area contributed by atoms with Crippen molar-refractivity contribution in [1.82, 2.24) is 4.90 Å². The van der Waals surface area contributed by atoms with Gasteiger partial charge in [-0.05, 0) is 30.2 Å². The van der Waals surface area contributed by atoms with Crippen LogP contribution < -0.4 is 0 Å². The lowest BCUT2D eigenvalue weighted by Crippen LogP contribution is -2.46. The number of allylic oxidation sites excluding steroid dienone is 2. The monoisotopic (exact) mass is 385 g/mol. The van der Waals surface area contributed by atoms with Crippen LogP contribution in [-0.4, -0.2) is 42.8 Å². The molecule has 0 aromatic heterocycles. The van der Waals surface area contributed by atoms with E-state index >= 15 is 0 Å². The summed E-state index contributed by atoms with van der Waals surface area (Å²) in [6, 6.07) is 2.61. The molecule has 0 atom stereocenters. The first-order valence-corrected chi connectivity index (χ1v) is 8.78. The molecule has 0 spiro atoms. The second-order valence-corrected chi connectivity index (χ2v) is 6.70. The van der Waals surface area contributed by atoms with Crippen LogP contribution in [0.1, 0.15) is 36.5 Å². The maximum absolute atomic E-state index is 14.9. The Labute approximate surface area is 156 Å². The Morgan fingerprint density at radius 2 is 1.85 bits per heavy atom. The highest BCUT2D eigenvalue weighted by molar-refractivity contribution is 5.94. The number of hydrogen-bond acceptors (Lipinski definition) is 2. The topological polar surface area (TPSA) is 29.5 Å². The predicted octanol–water partition coefficient (Wildman–Crippen LogP) is 4.75. The van der Waals surface area contributed by atoms with E-state index in [1.807, 2.05) is 6.92 Å². The van der Waals surface area contributed by atoms with Crippen molar-refractivity contribution in [3.05, 3.63) is 59.5 Å². The number of piperidine rings is 1. The van der Waals surface area contributed by atoms with Gasteiger partial charge in [0.2, 0.25) is 0 Å². The van der Waals surface area contributed by atoms with Crippen molar-refractivity contribution in [3.63, 3.8) is 0 Å². The minimum absolute atomic E-state index is 0.0531. The zero-order chi connectivity index (χ0) is 20.0. The number of alkyl halides is 1. The number of carbonyl (C=O) groups excluding carboxylic acids is 1. The fourth-order valence-electron chi connectivity index (χ4n) is 2.95. The Morgan fingerprint density at radius 1 is 1.26 bits per heavy atom. The van der Waals surface area contributed by atoms with Crippen LogP contribution >= 0.6 is 0 Å². The molecule has 1 saturated heterocycles. The second-order valence-electron chi connectivity index (χ2n) is 6.70. The van der Waals surface area contributed by atoms with E-state index in [4.69, 9.17) is 4.74 Å². The zero-order valence-corrected chi connectivity index (χ0v) is 15.2. The Balaban J connectivity index is 1.88. The molecule has 0 radical (unpaired) electrons. The van der Waals surface area contributed by atoms with Gasteiger partial charge in [0, 0.05) is 37.6 Å². The van der Waals surface area contributed by atoms with Gasteiger partial charge in [-0.2, -0.15) is 0 Å². The summed E-state index contributed by atoms with van der Waals surface area (Å²) in [5.74, 6) is -2.78. The van der Waals surface area contributed by atoms with Gasteiger partial charge in [-0.3, -0.25) is 4.79 Å². The lowest BCUT2D eigenvalue weighted by atomic mass is 9.93. The molecule has 1 aliphatic rings. The molecule has 0 unspecified atom stereocenters. The van der Waals surface area contributed by atoms with Crippen LogP contribution in [0.25, 0.3) is 0 Å². The lowest BCUT2D eigenvalue weighted by Gasteiger charge is -2.36. The summed E-state index contributed by atoms with van der Waals surface area (Å²) in [5.41, 5.74) is -1.03. The molecule has 3 nitrogen and oxygen atoms in total. The Kier molecular flexibility index (Phi) is 7.18. The van der Waals surface area contributed by atoms with E-state index in [-0.39, 0.29) is 44.7 Å². The number of nitrogens with zero attached hydrogens (tertiary/aromatic N) is 1. The van der Waals surface area contributed by atoms with Gasteiger partial charge in [0.05, 0.1) is 13.2 Å². The number of halogens is 4. The largest absolute Gasteiger partial charge is 0.374 e. The molecule has 1 amide bonds. The third kappa shape index (κ3) is 6.20. The van der Waals surface area contributed by atoms with Crippen molar-refractivity contribution >= 4 is 5.91 Å². The molecular weight excluding hydrogens is 362 g/mol. The molecule has 1 aromatic rings. The van der Waals surface area contributed by atoms with E-state index in [9.17, 15) is 22.4 Å². The first kappa shape index (κ1) is 21.2. The van der Waals surface area contributed by atoms with E-state index in [1.165, 1.54) is 11.0 Å². The van der Waals surface area contributed by atoms with Gasteiger partial charge < -0.3 is 9.64 Å². The fourth-order valence-corrected chi connectivity index (χ4v) is 2.95. The van der Waals surface area contributed by atoms with Crippen molar-refractivity contribution in [2.75, 3.05) is 26.3 Å². The molecule has 1 aromatic carbocycles. The summed E-state index contributed by atoms with van der Waals surface area (Å²) in [5, 5.41) is 0. The highest BCUT2D eigenvalue weighted by atomic mass is 19.1. The second kappa shape index (κ2) is 9.17. The smallest absolute Gasteiger partial charge is 0.254 e. The minimum Gasteiger partial charge on any atom is -0.374 e. The van der Waals surface area contributed by atoms with Crippen LogP contribution in [0.2, 0.25) is 0 Å². The summed E-state index contributed by atoms with van der Waals surface area (Å²) in [6.45, 7) is 5.17. The number of likely N-dealkylation sites (tertiary alicyclic amines) is 1. The normalized spacial score (nSPS) is 17.1. The molecule has 7 heteroatoms. The molecule has 2 rings (SSSR count). The van der Waals surface area contributed by atoms with Gasteiger partial charge >= 0.3 is 0 Å². The van der Waals surface area contributed by atoms with Crippen LogP contribution in [0.3, 0.4) is 0 Å². The number of ether oxygens (including phenoxy) is 1. The van der Waals surface area contributed by atoms with Gasteiger partial charge in [0.1, 0.15) is 23.1 Å². The van der Waals surface area contributed by atoms with Crippen LogP contribution in [0.4, 0.5) is 17.6 Å². The average Bonchev–Trinajstić information content (AvgIpc) is 2.59. The third-order valence-corrected chi connectivity index (χ3v) is 4.52. The zero-order valence-electron chi connectivity index (χ0n) is 15.2. The lowest BCUT2D eigenvalue weighted by molar-refractivity contribution is -0.0163. The van der Waals surface area contributed by atoms with E-state index in [0.29, 0.717) is 18.1 Å². The Hall–Kier alpha value is -2.15. The summed E-state index contributed by atoms with van der Waals surface area (Å²) < 4.78 is 59.6. The molecule has 0 saturated carbocycles. The summed E-state index contributed by atoms with van der Waals surface area (Å²) in [4.78, 5) is 13.7. The number of rotatable bonds is 7. The Bertz CT molecular complexity index is 704. The van der Waals surface area contributed by atoms with Crippen molar-refractivity contribution in [3.8, 4) is 0 Å². The van der Waals surface area contributed by atoms with E-state index in [1.54, 1.807) is 0 Å². The summed E-state index contributed by atoms with van der Waals surface area (Å²) >= 11 is 0. The van der Waals surface area contributed by atoms with Crippen molar-refractivity contribution in [1.29, 1.82) is 0 Å². The first-order valence-electron chi connectivity index (χ1n) is 8.78. The number of hydrogen-bond donors (Lipinski definition) is 0. The van der Waals surface area contributed by atoms with Gasteiger partial charge in [0.25, 0.3) is 5.91 Å². The molecule has 1 fully saturated rings. The maximum Gasteiger partial charge on any atom is 0.254 e. The minimum atomic E-state index is -1.60. The molecule has 27 heavy (non-hydrogen) atoms. The maximum atomic E-state index is 14.9. The van der Waals surface area contributed by atoms with Gasteiger partial charge in [-0.25, -0.2) is 17.6 Å². The highest BCUT2D eigenvalue weighted by Crippen LogP contribution is 2.28. The van der Waals surface area contributed by atoms with Crippen molar-refractivity contribution in [2.24, 2.45) is 0 Å². The van der Waals surface area contributed by atoms with E-state index < -0.39 is 29.0 Å². The van der Waals surface area contributed by atoms with Crippen LogP contribution in [0.5, 0.6) is 0 Å². The Morgan fingerprint density at radius 3 is 2.37 bits per heavy atom. The summed E-state index contributed by atoms with van der Waals surface area (Å²) in [6.07, 6.45) is 1.94. The van der Waals surface area contributed by atoms with E-state index in [0.717, 1.165) is 12.1 Å². The number of carbonyl (C=O) groups is 1. The third-order valence-electron chi connectivity index (χ3n) is 4.52. The molecule has 1 aliphatic heterocycles. The van der Waals surface area contributed by atoms with Crippen molar-refractivity contribution < 1.29 is 27.1 Å². The molecule has 148 valence electrons. The van der Waals surface area contributed by atoms with Gasteiger partial charge in [-0.1, -0.05) is 13.5 Å². The van der Waals surface area contributed by atoms with Gasteiger partial charge in [-0.15, -0.1) is 0 Å². The van der Waals surface area contributed by atoms with Crippen molar-refractivity contribution in [2.45, 2.75) is 31.9 Å². The fraction of sp³-hybridized carbons (Fsp3) is 0.450. The number of amides is 1.